The molecule has 0 saturated heterocycles. The molecular formula is C11H23NO2S. The summed E-state index contributed by atoms with van der Waals surface area (Å²) in [6.45, 7) is 4.40. The van der Waals surface area contributed by atoms with Crippen LogP contribution in [0.25, 0.3) is 0 Å². The van der Waals surface area contributed by atoms with Crippen molar-refractivity contribution in [2.45, 2.75) is 45.6 Å². The Bertz CT molecular complexity index is 165. The minimum absolute atomic E-state index is 0.272. The summed E-state index contributed by atoms with van der Waals surface area (Å²) in [5, 5.41) is 0. The molecule has 0 spiro atoms. The van der Waals surface area contributed by atoms with E-state index in [9.17, 15) is 4.79 Å². The van der Waals surface area contributed by atoms with Crippen LogP contribution in [0.2, 0.25) is 0 Å². The Morgan fingerprint density at radius 3 is 2.67 bits per heavy atom. The van der Waals surface area contributed by atoms with Gasteiger partial charge in [0.1, 0.15) is 6.04 Å². The minimum atomic E-state index is -0.441. The Hall–Kier alpha value is -0.220. The van der Waals surface area contributed by atoms with E-state index in [0.29, 0.717) is 6.61 Å². The van der Waals surface area contributed by atoms with Crippen LogP contribution >= 0.6 is 11.8 Å². The van der Waals surface area contributed by atoms with Crippen molar-refractivity contribution >= 4 is 17.7 Å². The lowest BCUT2D eigenvalue weighted by molar-refractivity contribution is -0.144. The lowest BCUT2D eigenvalue weighted by Crippen LogP contribution is -2.32. The van der Waals surface area contributed by atoms with Gasteiger partial charge in [-0.3, -0.25) is 4.79 Å². The van der Waals surface area contributed by atoms with E-state index < -0.39 is 6.04 Å². The van der Waals surface area contributed by atoms with E-state index >= 15 is 0 Å². The molecule has 0 aromatic heterocycles. The van der Waals surface area contributed by atoms with Crippen LogP contribution in [0.3, 0.4) is 0 Å². The molecule has 0 fully saturated rings. The van der Waals surface area contributed by atoms with Gasteiger partial charge in [0.2, 0.25) is 0 Å². The molecule has 4 heteroatoms. The molecule has 3 nitrogen and oxygen atoms in total. The van der Waals surface area contributed by atoms with Crippen LogP contribution in [0, 0.1) is 0 Å². The van der Waals surface area contributed by atoms with Crippen LogP contribution in [0.15, 0.2) is 0 Å². The lowest BCUT2D eigenvalue weighted by atomic mass is 10.2. The zero-order valence-electron chi connectivity index (χ0n) is 9.83. The van der Waals surface area contributed by atoms with Crippen molar-refractivity contribution in [1.29, 1.82) is 0 Å². The third-order valence-electron chi connectivity index (χ3n) is 2.05. The SMILES string of the molecule is CCCCCSCCC(N)C(=O)OCC. The summed E-state index contributed by atoms with van der Waals surface area (Å²) in [6.07, 6.45) is 4.52. The number of carbonyl (C=O) groups excluding carboxylic acids is 1. The van der Waals surface area contributed by atoms with Crippen LogP contribution in [-0.4, -0.2) is 30.1 Å². The number of thioether (sulfide) groups is 1. The van der Waals surface area contributed by atoms with Crippen molar-refractivity contribution < 1.29 is 9.53 Å². The molecule has 0 radical (unpaired) electrons. The van der Waals surface area contributed by atoms with Gasteiger partial charge < -0.3 is 10.5 Å². The second-order valence-corrected chi connectivity index (χ2v) is 4.69. The Morgan fingerprint density at radius 2 is 2.07 bits per heavy atom. The van der Waals surface area contributed by atoms with Gasteiger partial charge in [-0.05, 0) is 31.3 Å². The first-order valence-electron chi connectivity index (χ1n) is 5.72. The molecule has 0 bridgehead atoms. The van der Waals surface area contributed by atoms with Gasteiger partial charge in [0.15, 0.2) is 0 Å². The van der Waals surface area contributed by atoms with Gasteiger partial charge in [-0.15, -0.1) is 0 Å². The molecule has 0 aromatic carbocycles. The average Bonchev–Trinajstić information content (AvgIpc) is 2.23. The highest BCUT2D eigenvalue weighted by atomic mass is 32.2. The van der Waals surface area contributed by atoms with Gasteiger partial charge in [0, 0.05) is 0 Å². The van der Waals surface area contributed by atoms with Gasteiger partial charge in [-0.25, -0.2) is 0 Å². The molecule has 0 amide bonds. The number of esters is 1. The van der Waals surface area contributed by atoms with Crippen LogP contribution in [0.4, 0.5) is 0 Å². The number of hydrogen-bond acceptors (Lipinski definition) is 4. The molecule has 0 heterocycles. The van der Waals surface area contributed by atoms with E-state index in [1.54, 1.807) is 6.92 Å². The first kappa shape index (κ1) is 14.8. The van der Waals surface area contributed by atoms with Crippen molar-refractivity contribution in [2.24, 2.45) is 5.73 Å². The molecule has 0 aliphatic carbocycles. The van der Waals surface area contributed by atoms with Crippen molar-refractivity contribution in [2.75, 3.05) is 18.1 Å². The third-order valence-corrected chi connectivity index (χ3v) is 3.16. The maximum atomic E-state index is 11.2. The second kappa shape index (κ2) is 10.3. The topological polar surface area (TPSA) is 52.3 Å². The summed E-state index contributed by atoms with van der Waals surface area (Å²) in [5.41, 5.74) is 5.66. The van der Waals surface area contributed by atoms with E-state index in [1.165, 1.54) is 25.0 Å². The predicted octanol–water partition coefficient (Wildman–Crippen LogP) is 2.19. The van der Waals surface area contributed by atoms with E-state index in [2.05, 4.69) is 6.92 Å². The van der Waals surface area contributed by atoms with Gasteiger partial charge in [-0.1, -0.05) is 19.8 Å². The van der Waals surface area contributed by atoms with Crippen molar-refractivity contribution in [3.05, 3.63) is 0 Å². The monoisotopic (exact) mass is 233 g/mol. The molecule has 0 aliphatic heterocycles. The quantitative estimate of drug-likeness (QED) is 0.490. The molecule has 0 rings (SSSR count). The molecule has 0 aliphatic rings. The molecule has 0 saturated carbocycles. The van der Waals surface area contributed by atoms with Crippen LogP contribution in [0.1, 0.15) is 39.5 Å². The first-order chi connectivity index (χ1) is 7.22. The Labute approximate surface area is 97.1 Å². The standard InChI is InChI=1S/C11H23NO2S/c1-3-5-6-8-15-9-7-10(12)11(13)14-4-2/h10H,3-9,12H2,1-2H3. The fraction of sp³-hybridized carbons (Fsp3) is 0.909. The number of hydrogen-bond donors (Lipinski definition) is 1. The van der Waals surface area contributed by atoms with E-state index in [4.69, 9.17) is 10.5 Å². The summed E-state index contributed by atoms with van der Waals surface area (Å²) in [7, 11) is 0. The molecule has 1 atom stereocenters. The number of nitrogens with two attached hydrogens (primary N) is 1. The molecule has 0 aromatic rings. The van der Waals surface area contributed by atoms with Gasteiger partial charge in [0.25, 0.3) is 0 Å². The number of carbonyl (C=O) groups is 1. The smallest absolute Gasteiger partial charge is 0.322 e. The van der Waals surface area contributed by atoms with Gasteiger partial charge in [-0.2, -0.15) is 11.8 Å². The first-order valence-corrected chi connectivity index (χ1v) is 6.87. The summed E-state index contributed by atoms with van der Waals surface area (Å²) in [6, 6.07) is -0.441. The normalized spacial score (nSPS) is 12.5. The highest BCUT2D eigenvalue weighted by Crippen LogP contribution is 2.08. The van der Waals surface area contributed by atoms with E-state index in [0.717, 1.165) is 12.2 Å². The second-order valence-electron chi connectivity index (χ2n) is 3.47. The predicted molar refractivity (Wildman–Crippen MR) is 66.1 cm³/mol. The van der Waals surface area contributed by atoms with Gasteiger partial charge >= 0.3 is 5.97 Å². The van der Waals surface area contributed by atoms with Crippen molar-refractivity contribution in [3.63, 3.8) is 0 Å². The number of rotatable bonds is 9. The number of ether oxygens (including phenoxy) is 1. The maximum absolute atomic E-state index is 11.2. The Balaban J connectivity index is 3.30. The Morgan fingerprint density at radius 1 is 1.33 bits per heavy atom. The highest BCUT2D eigenvalue weighted by Gasteiger charge is 2.13. The third kappa shape index (κ3) is 8.75. The fourth-order valence-corrected chi connectivity index (χ4v) is 2.17. The minimum Gasteiger partial charge on any atom is -0.465 e. The van der Waals surface area contributed by atoms with Crippen LogP contribution < -0.4 is 5.73 Å². The zero-order chi connectivity index (χ0) is 11.5. The van der Waals surface area contributed by atoms with E-state index in [-0.39, 0.29) is 5.97 Å². The Kier molecular flexibility index (Phi) is 10.2. The summed E-state index contributed by atoms with van der Waals surface area (Å²) < 4.78 is 4.83. The van der Waals surface area contributed by atoms with Crippen molar-refractivity contribution in [1.82, 2.24) is 0 Å². The lowest BCUT2D eigenvalue weighted by Gasteiger charge is -2.09. The van der Waals surface area contributed by atoms with Crippen LogP contribution in [0.5, 0.6) is 0 Å². The fourth-order valence-electron chi connectivity index (χ4n) is 1.13. The maximum Gasteiger partial charge on any atom is 0.322 e. The zero-order valence-corrected chi connectivity index (χ0v) is 10.6. The van der Waals surface area contributed by atoms with Gasteiger partial charge in [0.05, 0.1) is 6.61 Å². The molecular weight excluding hydrogens is 210 g/mol. The molecule has 15 heavy (non-hydrogen) atoms. The largest absolute Gasteiger partial charge is 0.465 e. The number of unbranched alkanes of at least 4 members (excludes halogenated alkanes) is 2. The summed E-state index contributed by atoms with van der Waals surface area (Å²) in [4.78, 5) is 11.2. The van der Waals surface area contributed by atoms with E-state index in [1.807, 2.05) is 11.8 Å². The average molecular weight is 233 g/mol. The molecule has 2 N–H and O–H groups in total. The summed E-state index contributed by atoms with van der Waals surface area (Å²) >= 11 is 1.87. The van der Waals surface area contributed by atoms with Crippen LogP contribution in [-0.2, 0) is 9.53 Å². The summed E-state index contributed by atoms with van der Waals surface area (Å²) in [5.74, 6) is 1.85. The molecule has 1 unspecified atom stereocenters. The highest BCUT2D eigenvalue weighted by molar-refractivity contribution is 7.99. The molecule has 90 valence electrons. The van der Waals surface area contributed by atoms with Crippen molar-refractivity contribution in [3.8, 4) is 0 Å².